The second kappa shape index (κ2) is 8.61. The smallest absolute Gasteiger partial charge is 0.338 e. The van der Waals surface area contributed by atoms with E-state index in [9.17, 15) is 19.5 Å². The molecule has 1 saturated heterocycles. The molecule has 0 aliphatic carbocycles. The van der Waals surface area contributed by atoms with Crippen LogP contribution in [0, 0.1) is 19.8 Å². The van der Waals surface area contributed by atoms with Gasteiger partial charge in [0.15, 0.2) is 0 Å². The monoisotopic (exact) mass is 451 g/mol. The Bertz CT molecular complexity index is 1110. The van der Waals surface area contributed by atoms with Crippen molar-refractivity contribution in [2.24, 2.45) is 5.92 Å². The van der Waals surface area contributed by atoms with Gasteiger partial charge in [0.2, 0.25) is 11.8 Å². The molecule has 0 bridgehead atoms. The van der Waals surface area contributed by atoms with Gasteiger partial charge in [0.1, 0.15) is 5.54 Å². The lowest BCUT2D eigenvalue weighted by molar-refractivity contribution is -0.130. The van der Waals surface area contributed by atoms with Crippen LogP contribution in [0.1, 0.15) is 47.3 Å². The van der Waals surface area contributed by atoms with Crippen LogP contribution in [0.2, 0.25) is 0 Å². The zero-order valence-electron chi connectivity index (χ0n) is 19.2. The summed E-state index contributed by atoms with van der Waals surface area (Å²) in [4.78, 5) is 38.7. The van der Waals surface area contributed by atoms with Gasteiger partial charge >= 0.3 is 5.97 Å². The summed E-state index contributed by atoms with van der Waals surface area (Å²) in [5, 5.41) is 19.4. The number of amides is 2. The summed E-state index contributed by atoms with van der Waals surface area (Å²) in [6, 6.07) is 9.90. The molecule has 33 heavy (non-hydrogen) atoms. The van der Waals surface area contributed by atoms with E-state index in [-0.39, 0.29) is 18.4 Å². The van der Waals surface area contributed by atoms with Crippen LogP contribution in [0.3, 0.4) is 0 Å². The van der Waals surface area contributed by atoms with Crippen molar-refractivity contribution in [3.05, 3.63) is 58.7 Å². The molecule has 8 nitrogen and oxygen atoms in total. The summed E-state index contributed by atoms with van der Waals surface area (Å²) in [5.41, 5.74) is 2.96. The lowest BCUT2D eigenvalue weighted by atomic mass is 9.78. The first-order chi connectivity index (χ1) is 15.7. The van der Waals surface area contributed by atoms with Gasteiger partial charge in [-0.05, 0) is 63.9 Å². The predicted octanol–water partition coefficient (Wildman–Crippen LogP) is 2.63. The van der Waals surface area contributed by atoms with Crippen molar-refractivity contribution < 1.29 is 24.2 Å². The maximum absolute atomic E-state index is 13.5. The minimum atomic E-state index is -1.28. The molecule has 4 atom stereocenters. The largest absolute Gasteiger partial charge is 0.462 e. The molecule has 2 heterocycles. The Hall–Kier alpha value is -3.23. The Kier molecular flexibility index (Phi) is 5.99. The molecule has 2 aromatic carbocycles. The second-order valence-corrected chi connectivity index (χ2v) is 8.83. The average Bonchev–Trinajstić information content (AvgIpc) is 3.30. The van der Waals surface area contributed by atoms with E-state index in [4.69, 9.17) is 4.74 Å². The van der Waals surface area contributed by atoms with E-state index in [0.717, 1.165) is 16.7 Å². The van der Waals surface area contributed by atoms with Gasteiger partial charge in [-0.1, -0.05) is 17.7 Å². The molecule has 1 spiro atoms. The molecule has 4 rings (SSSR count). The quantitative estimate of drug-likeness (QED) is 0.520. The van der Waals surface area contributed by atoms with E-state index in [1.54, 1.807) is 38.1 Å². The summed E-state index contributed by atoms with van der Waals surface area (Å²) in [6.07, 6.45) is -0.448. The van der Waals surface area contributed by atoms with Crippen molar-refractivity contribution in [3.63, 3.8) is 0 Å². The summed E-state index contributed by atoms with van der Waals surface area (Å²) in [6.45, 7) is 7.53. The number of anilines is 2. The molecular formula is C25H29N3O5. The Morgan fingerprint density at radius 3 is 2.58 bits per heavy atom. The maximum atomic E-state index is 13.5. The molecule has 0 radical (unpaired) electrons. The Morgan fingerprint density at radius 1 is 1.24 bits per heavy atom. The number of nitrogens with one attached hydrogen (secondary N) is 3. The zero-order chi connectivity index (χ0) is 23.9. The van der Waals surface area contributed by atoms with Gasteiger partial charge in [0, 0.05) is 23.0 Å². The molecule has 1 fully saturated rings. The molecule has 2 aliphatic heterocycles. The van der Waals surface area contributed by atoms with Crippen LogP contribution < -0.4 is 16.0 Å². The van der Waals surface area contributed by atoms with Crippen molar-refractivity contribution in [2.45, 2.75) is 51.8 Å². The Balaban J connectivity index is 1.67. The molecule has 0 saturated carbocycles. The Labute approximate surface area is 192 Å². The van der Waals surface area contributed by atoms with E-state index in [0.29, 0.717) is 23.4 Å². The van der Waals surface area contributed by atoms with Crippen LogP contribution in [0.25, 0.3) is 0 Å². The lowest BCUT2D eigenvalue weighted by Gasteiger charge is -2.30. The van der Waals surface area contributed by atoms with Crippen molar-refractivity contribution in [1.29, 1.82) is 0 Å². The van der Waals surface area contributed by atoms with Crippen LogP contribution in [-0.2, 0) is 19.9 Å². The van der Waals surface area contributed by atoms with E-state index in [2.05, 4.69) is 16.0 Å². The second-order valence-electron chi connectivity index (χ2n) is 8.83. The number of carbonyl (C=O) groups excluding carboxylic acids is 3. The van der Waals surface area contributed by atoms with Crippen molar-refractivity contribution in [1.82, 2.24) is 5.32 Å². The van der Waals surface area contributed by atoms with Crippen molar-refractivity contribution in [3.8, 4) is 0 Å². The number of aryl methyl sites for hydroxylation is 2. The summed E-state index contributed by atoms with van der Waals surface area (Å²) >= 11 is 0. The number of fused-ring (bicyclic) bond motifs is 2. The first-order valence-corrected chi connectivity index (χ1v) is 11.1. The van der Waals surface area contributed by atoms with E-state index >= 15 is 0 Å². The van der Waals surface area contributed by atoms with Gasteiger partial charge in [-0.2, -0.15) is 0 Å². The van der Waals surface area contributed by atoms with Crippen LogP contribution in [0.5, 0.6) is 0 Å². The first-order valence-electron chi connectivity index (χ1n) is 11.1. The molecule has 2 aromatic rings. The third-order valence-electron chi connectivity index (χ3n) is 6.49. The number of aliphatic hydroxyl groups is 1. The van der Waals surface area contributed by atoms with Crippen LogP contribution in [0.4, 0.5) is 11.4 Å². The Morgan fingerprint density at radius 2 is 1.94 bits per heavy atom. The lowest BCUT2D eigenvalue weighted by Crippen LogP contribution is -2.53. The van der Waals surface area contributed by atoms with Gasteiger partial charge in [-0.3, -0.25) is 14.9 Å². The van der Waals surface area contributed by atoms with Crippen LogP contribution in [-0.4, -0.2) is 41.6 Å². The number of esters is 1. The van der Waals surface area contributed by atoms with Gasteiger partial charge in [0.05, 0.1) is 24.2 Å². The molecule has 8 heteroatoms. The maximum Gasteiger partial charge on any atom is 0.338 e. The molecule has 4 N–H and O–H groups in total. The minimum absolute atomic E-state index is 0.279. The number of hydrogen-bond acceptors (Lipinski definition) is 6. The van der Waals surface area contributed by atoms with E-state index < -0.39 is 29.6 Å². The summed E-state index contributed by atoms with van der Waals surface area (Å²) in [5.74, 6) is -1.81. The normalized spacial score (nSPS) is 24.3. The number of rotatable bonds is 5. The molecule has 0 aromatic heterocycles. The number of carbonyl (C=O) groups is 3. The molecule has 174 valence electrons. The highest BCUT2D eigenvalue weighted by Crippen LogP contribution is 2.49. The SMILES string of the molecule is CCOC(=O)c1ccc(NC(=O)[C@@H]2C[C@@H]([C@@H](C)O)N[C@]23C(=O)Nc2c(C)cc(C)cc23)cc1. The highest BCUT2D eigenvalue weighted by Gasteiger charge is 2.61. The fraction of sp³-hybridized carbons (Fsp3) is 0.400. The molecular weight excluding hydrogens is 422 g/mol. The van der Waals surface area contributed by atoms with Crippen molar-refractivity contribution in [2.75, 3.05) is 17.2 Å². The third kappa shape index (κ3) is 3.89. The van der Waals surface area contributed by atoms with Gasteiger partial charge in [0.25, 0.3) is 0 Å². The third-order valence-corrected chi connectivity index (χ3v) is 6.49. The minimum Gasteiger partial charge on any atom is -0.462 e. The van der Waals surface area contributed by atoms with E-state index in [1.807, 2.05) is 26.0 Å². The number of aliphatic hydroxyl groups excluding tert-OH is 1. The summed E-state index contributed by atoms with van der Waals surface area (Å²) < 4.78 is 4.99. The molecule has 0 unspecified atom stereocenters. The standard InChI is InChI=1S/C25H29N3O5/c1-5-33-23(31)16-6-8-17(9-7-16)26-22(30)19-12-20(15(4)29)28-25(19)18-11-13(2)10-14(3)21(18)27-24(25)32/h6-11,15,19-20,28-29H,5,12H2,1-4H3,(H,26,30)(H,27,32)/t15-,19+,20+,25+/m1/s1. The molecule has 2 aliphatic rings. The highest BCUT2D eigenvalue weighted by atomic mass is 16.5. The molecule has 2 amide bonds. The average molecular weight is 452 g/mol. The fourth-order valence-electron chi connectivity index (χ4n) is 4.91. The topological polar surface area (TPSA) is 117 Å². The first kappa shape index (κ1) is 22.9. The number of benzene rings is 2. The fourth-order valence-corrected chi connectivity index (χ4v) is 4.91. The number of hydrogen-bond donors (Lipinski definition) is 4. The van der Waals surface area contributed by atoms with Crippen LogP contribution >= 0.6 is 0 Å². The summed E-state index contributed by atoms with van der Waals surface area (Å²) in [7, 11) is 0. The number of ether oxygens (including phenoxy) is 1. The van der Waals surface area contributed by atoms with Gasteiger partial charge < -0.3 is 20.5 Å². The van der Waals surface area contributed by atoms with E-state index in [1.165, 1.54) is 0 Å². The van der Waals surface area contributed by atoms with Gasteiger partial charge in [-0.25, -0.2) is 4.79 Å². The van der Waals surface area contributed by atoms with Crippen LogP contribution in [0.15, 0.2) is 36.4 Å². The zero-order valence-corrected chi connectivity index (χ0v) is 19.2. The predicted molar refractivity (Wildman–Crippen MR) is 124 cm³/mol. The van der Waals surface area contributed by atoms with Crippen molar-refractivity contribution >= 4 is 29.2 Å². The highest BCUT2D eigenvalue weighted by molar-refractivity contribution is 6.11. The van der Waals surface area contributed by atoms with Gasteiger partial charge in [-0.15, -0.1) is 0 Å².